The summed E-state index contributed by atoms with van der Waals surface area (Å²) < 4.78 is 11.7. The van der Waals surface area contributed by atoms with Gasteiger partial charge in [0.25, 0.3) is 0 Å². The highest BCUT2D eigenvalue weighted by molar-refractivity contribution is 9.10. The predicted molar refractivity (Wildman–Crippen MR) is 60.0 cm³/mol. The second kappa shape index (κ2) is 4.86. The smallest absolute Gasteiger partial charge is 0.199 e. The molecule has 0 amide bonds. The highest BCUT2D eigenvalue weighted by atomic mass is 79.9. The average molecular weight is 273 g/mol. The van der Waals surface area contributed by atoms with Gasteiger partial charge < -0.3 is 14.6 Å². The van der Waals surface area contributed by atoms with E-state index in [9.17, 15) is 5.11 Å². The number of hydrogen-bond acceptors (Lipinski definition) is 3. The average Bonchev–Trinajstić information content (AvgIpc) is 2.25. The van der Waals surface area contributed by atoms with Crippen molar-refractivity contribution in [2.24, 2.45) is 0 Å². The Bertz CT molecular complexity index is 335. The van der Waals surface area contributed by atoms with E-state index in [0.717, 1.165) is 25.9 Å². The summed E-state index contributed by atoms with van der Waals surface area (Å²) in [4.78, 5) is 0. The van der Waals surface area contributed by atoms with Crippen LogP contribution >= 0.6 is 15.9 Å². The fraction of sp³-hybridized carbons (Fsp3) is 0.455. The molecule has 1 unspecified atom stereocenters. The normalized spacial score (nSPS) is 21.3. The van der Waals surface area contributed by atoms with E-state index in [2.05, 4.69) is 15.9 Å². The molecule has 1 atom stereocenters. The van der Waals surface area contributed by atoms with Crippen molar-refractivity contribution in [3.8, 4) is 11.5 Å². The molecule has 1 aliphatic rings. The number of benzene rings is 1. The molecule has 1 N–H and O–H groups in total. The molecule has 4 heteroatoms. The van der Waals surface area contributed by atoms with E-state index in [0.29, 0.717) is 10.2 Å². The number of phenolic OH excluding ortho intramolecular Hbond substituents is 1. The summed E-state index contributed by atoms with van der Waals surface area (Å²) in [6.07, 6.45) is 2.98. The van der Waals surface area contributed by atoms with Crippen LogP contribution in [0.2, 0.25) is 0 Å². The first-order valence-corrected chi connectivity index (χ1v) is 5.82. The molecule has 1 fully saturated rings. The summed E-state index contributed by atoms with van der Waals surface area (Å²) in [6, 6.07) is 5.15. The quantitative estimate of drug-likeness (QED) is 0.900. The van der Waals surface area contributed by atoms with E-state index in [1.54, 1.807) is 12.1 Å². The van der Waals surface area contributed by atoms with Crippen molar-refractivity contribution < 1.29 is 14.6 Å². The van der Waals surface area contributed by atoms with Gasteiger partial charge in [-0.15, -0.1) is 0 Å². The topological polar surface area (TPSA) is 38.7 Å². The predicted octanol–water partition coefficient (Wildman–Crippen LogP) is 3.06. The Balaban J connectivity index is 2.00. The fourth-order valence-electron chi connectivity index (χ4n) is 1.52. The zero-order chi connectivity index (χ0) is 10.7. The Hall–Kier alpha value is -0.740. The number of rotatable bonds is 2. The first kappa shape index (κ1) is 10.8. The Kier molecular flexibility index (Phi) is 3.49. The maximum Gasteiger partial charge on any atom is 0.199 e. The van der Waals surface area contributed by atoms with Gasteiger partial charge in [-0.1, -0.05) is 0 Å². The van der Waals surface area contributed by atoms with Crippen LogP contribution in [0.5, 0.6) is 11.5 Å². The zero-order valence-electron chi connectivity index (χ0n) is 8.28. The molecule has 1 saturated heterocycles. The fourth-order valence-corrected chi connectivity index (χ4v) is 1.77. The molecule has 2 rings (SSSR count). The van der Waals surface area contributed by atoms with Gasteiger partial charge in [-0.25, -0.2) is 0 Å². The maximum absolute atomic E-state index is 9.46. The first-order valence-electron chi connectivity index (χ1n) is 5.02. The zero-order valence-corrected chi connectivity index (χ0v) is 9.87. The van der Waals surface area contributed by atoms with E-state index in [1.807, 2.05) is 6.07 Å². The second-order valence-electron chi connectivity index (χ2n) is 3.53. The lowest BCUT2D eigenvalue weighted by Gasteiger charge is -2.23. The van der Waals surface area contributed by atoms with Crippen LogP contribution in [0.4, 0.5) is 0 Å². The van der Waals surface area contributed by atoms with Crippen LogP contribution in [0.3, 0.4) is 0 Å². The highest BCUT2D eigenvalue weighted by Crippen LogP contribution is 2.29. The Morgan fingerprint density at radius 3 is 2.93 bits per heavy atom. The first-order chi connectivity index (χ1) is 7.25. The number of halogens is 1. The minimum Gasteiger partial charge on any atom is -0.507 e. The highest BCUT2D eigenvalue weighted by Gasteiger charge is 2.15. The van der Waals surface area contributed by atoms with Crippen molar-refractivity contribution >= 4 is 15.9 Å². The van der Waals surface area contributed by atoms with Gasteiger partial charge in [0.2, 0.25) is 0 Å². The second-order valence-corrected chi connectivity index (χ2v) is 4.38. The summed E-state index contributed by atoms with van der Waals surface area (Å²) in [7, 11) is 0. The number of hydrogen-bond donors (Lipinski definition) is 1. The minimum absolute atomic E-state index is 0.167. The monoisotopic (exact) mass is 272 g/mol. The van der Waals surface area contributed by atoms with Crippen LogP contribution in [-0.2, 0) is 4.74 Å². The minimum atomic E-state index is -0.167. The molecule has 1 aliphatic heterocycles. The van der Waals surface area contributed by atoms with Crippen LogP contribution < -0.4 is 4.74 Å². The molecule has 0 bridgehead atoms. The third-order valence-electron chi connectivity index (χ3n) is 2.32. The molecule has 0 aliphatic carbocycles. The van der Waals surface area contributed by atoms with E-state index >= 15 is 0 Å². The van der Waals surface area contributed by atoms with Crippen LogP contribution in [0.25, 0.3) is 0 Å². The molecule has 3 nitrogen and oxygen atoms in total. The van der Waals surface area contributed by atoms with E-state index in [4.69, 9.17) is 9.47 Å². The van der Waals surface area contributed by atoms with Crippen LogP contribution in [0, 0.1) is 0 Å². The summed E-state index contributed by atoms with van der Waals surface area (Å²) in [6.45, 7) is 0.757. The van der Waals surface area contributed by atoms with Crippen molar-refractivity contribution in [3.63, 3.8) is 0 Å². The number of ether oxygens (including phenoxy) is 2. The van der Waals surface area contributed by atoms with Gasteiger partial charge in [0, 0.05) is 12.5 Å². The summed E-state index contributed by atoms with van der Waals surface area (Å²) in [5, 5.41) is 9.46. The van der Waals surface area contributed by atoms with Gasteiger partial charge in [-0.05, 0) is 40.9 Å². The maximum atomic E-state index is 9.46. The molecule has 82 valence electrons. The largest absolute Gasteiger partial charge is 0.507 e. The number of phenols is 1. The van der Waals surface area contributed by atoms with Crippen LogP contribution in [-0.4, -0.2) is 18.0 Å². The van der Waals surface area contributed by atoms with Gasteiger partial charge in [0.1, 0.15) is 11.5 Å². The standard InChI is InChI=1S/C11H13BrO3/c12-9-5-4-8(7-10(9)13)15-11-3-1-2-6-14-11/h4-5,7,11,13H,1-3,6H2. The molecule has 15 heavy (non-hydrogen) atoms. The van der Waals surface area contributed by atoms with Gasteiger partial charge in [0.15, 0.2) is 6.29 Å². The summed E-state index contributed by atoms with van der Waals surface area (Å²) >= 11 is 3.22. The SMILES string of the molecule is Oc1cc(OC2CCCCO2)ccc1Br. The third-order valence-corrected chi connectivity index (χ3v) is 2.99. The van der Waals surface area contributed by atoms with Crippen LogP contribution in [0.15, 0.2) is 22.7 Å². The molecule has 1 aromatic rings. The Labute approximate surface area is 97.1 Å². The Morgan fingerprint density at radius 2 is 2.27 bits per heavy atom. The van der Waals surface area contributed by atoms with Crippen molar-refractivity contribution in [1.29, 1.82) is 0 Å². The molecule has 1 heterocycles. The van der Waals surface area contributed by atoms with Crippen molar-refractivity contribution in [2.45, 2.75) is 25.6 Å². The van der Waals surface area contributed by atoms with E-state index < -0.39 is 0 Å². The third kappa shape index (κ3) is 2.86. The molecule has 0 aromatic heterocycles. The summed E-state index contributed by atoms with van der Waals surface area (Å²) in [5.41, 5.74) is 0. The number of aromatic hydroxyl groups is 1. The van der Waals surface area contributed by atoms with Gasteiger partial charge >= 0.3 is 0 Å². The summed E-state index contributed by atoms with van der Waals surface area (Å²) in [5.74, 6) is 0.825. The van der Waals surface area contributed by atoms with Gasteiger partial charge in [-0.2, -0.15) is 0 Å². The van der Waals surface area contributed by atoms with Crippen molar-refractivity contribution in [1.82, 2.24) is 0 Å². The molecular formula is C11H13BrO3. The van der Waals surface area contributed by atoms with Gasteiger partial charge in [0.05, 0.1) is 11.1 Å². The molecular weight excluding hydrogens is 260 g/mol. The molecule has 1 aromatic carbocycles. The molecule has 0 saturated carbocycles. The van der Waals surface area contributed by atoms with E-state index in [-0.39, 0.29) is 12.0 Å². The van der Waals surface area contributed by atoms with Crippen molar-refractivity contribution in [3.05, 3.63) is 22.7 Å². The Morgan fingerprint density at radius 1 is 1.40 bits per heavy atom. The lowest BCUT2D eigenvalue weighted by atomic mass is 10.2. The van der Waals surface area contributed by atoms with Gasteiger partial charge in [-0.3, -0.25) is 0 Å². The molecule has 0 spiro atoms. The molecule has 0 radical (unpaired) electrons. The van der Waals surface area contributed by atoms with Crippen LogP contribution in [0.1, 0.15) is 19.3 Å². The lowest BCUT2D eigenvalue weighted by Crippen LogP contribution is -2.24. The lowest BCUT2D eigenvalue weighted by molar-refractivity contribution is -0.105. The van der Waals surface area contributed by atoms with Crippen molar-refractivity contribution in [2.75, 3.05) is 6.61 Å². The van der Waals surface area contributed by atoms with E-state index in [1.165, 1.54) is 0 Å².